The average Bonchev–Trinajstić information content (AvgIpc) is 3.18. The van der Waals surface area contributed by atoms with E-state index in [-0.39, 0.29) is 24.0 Å². The summed E-state index contributed by atoms with van der Waals surface area (Å²) in [5, 5.41) is 3.34. The van der Waals surface area contributed by atoms with Crippen LogP contribution >= 0.6 is 0 Å². The smallest absolute Gasteiger partial charge is 0.322 e. The van der Waals surface area contributed by atoms with Crippen LogP contribution in [0.3, 0.4) is 0 Å². The Labute approximate surface area is 200 Å². The molecule has 1 aromatic rings. The van der Waals surface area contributed by atoms with Gasteiger partial charge in [-0.05, 0) is 51.0 Å². The van der Waals surface area contributed by atoms with Gasteiger partial charge in [-0.1, -0.05) is 62.0 Å². The first-order valence-corrected chi connectivity index (χ1v) is 15.5. The Kier molecular flexibility index (Phi) is 10.6. The topological polar surface area (TPSA) is 65.1 Å². The summed E-state index contributed by atoms with van der Waals surface area (Å²) < 4.78 is 10.4. The zero-order valence-corrected chi connectivity index (χ0v) is 22.4. The highest BCUT2D eigenvalue weighted by Gasteiger charge is 2.56. The molecule has 33 heavy (non-hydrogen) atoms. The molecule has 0 aromatic heterocycles. The van der Waals surface area contributed by atoms with Crippen molar-refractivity contribution in [1.29, 1.82) is 0 Å². The fourth-order valence-corrected chi connectivity index (χ4v) is 9.76. The van der Waals surface area contributed by atoms with Crippen molar-refractivity contribution in [3.8, 4) is 0 Å². The van der Waals surface area contributed by atoms with Crippen LogP contribution in [0.5, 0.6) is 0 Å². The van der Waals surface area contributed by atoms with Crippen LogP contribution in [0.2, 0.25) is 18.6 Å². The van der Waals surface area contributed by atoms with Crippen LogP contribution < -0.4 is 5.19 Å². The van der Waals surface area contributed by atoms with E-state index in [1.165, 1.54) is 5.19 Å². The number of benzene rings is 1. The number of ether oxygens (including phenoxy) is 2. The quantitative estimate of drug-likeness (QED) is 0.233. The zero-order chi connectivity index (χ0) is 24.5. The molecule has 0 aliphatic heterocycles. The first-order chi connectivity index (χ1) is 15.8. The first-order valence-electron chi connectivity index (χ1n) is 12.4. The van der Waals surface area contributed by atoms with Crippen molar-refractivity contribution < 1.29 is 23.9 Å². The van der Waals surface area contributed by atoms with Crippen LogP contribution in [-0.4, -0.2) is 57.5 Å². The molecule has 0 bridgehead atoms. The number of hydrogen-bond acceptors (Lipinski definition) is 6. The van der Waals surface area contributed by atoms with E-state index < -0.39 is 8.07 Å². The Hall–Kier alpha value is -1.70. The Balaban J connectivity index is 2.38. The lowest BCUT2D eigenvalue weighted by Crippen LogP contribution is -2.56. The van der Waals surface area contributed by atoms with E-state index in [4.69, 9.17) is 14.3 Å². The van der Waals surface area contributed by atoms with Gasteiger partial charge in [0.05, 0.1) is 28.4 Å². The van der Waals surface area contributed by atoms with Gasteiger partial charge in [-0.3, -0.25) is 9.59 Å². The van der Waals surface area contributed by atoms with Gasteiger partial charge in [0.15, 0.2) is 0 Å². The van der Waals surface area contributed by atoms with E-state index in [1.54, 1.807) is 7.11 Å². The molecule has 1 fully saturated rings. The summed E-state index contributed by atoms with van der Waals surface area (Å²) >= 11 is 0. The van der Waals surface area contributed by atoms with Crippen molar-refractivity contribution in [2.45, 2.75) is 83.5 Å². The van der Waals surface area contributed by atoms with Crippen LogP contribution in [0.15, 0.2) is 30.3 Å². The number of hydroxylamine groups is 2. The molecule has 6 nitrogen and oxygen atoms in total. The third-order valence-electron chi connectivity index (χ3n) is 7.62. The van der Waals surface area contributed by atoms with E-state index >= 15 is 0 Å². The van der Waals surface area contributed by atoms with Crippen molar-refractivity contribution >= 4 is 25.2 Å². The van der Waals surface area contributed by atoms with E-state index in [0.717, 1.165) is 32.1 Å². The minimum absolute atomic E-state index is 0.118. The fraction of sp³-hybridized carbons (Fsp3) is 0.692. The summed E-state index contributed by atoms with van der Waals surface area (Å²) in [5.74, 6) is -0.0857. The Morgan fingerprint density at radius 1 is 1.06 bits per heavy atom. The van der Waals surface area contributed by atoms with Crippen molar-refractivity contribution in [1.82, 2.24) is 5.06 Å². The molecule has 186 valence electrons. The van der Waals surface area contributed by atoms with Crippen LogP contribution in [0.4, 0.5) is 0 Å². The van der Waals surface area contributed by atoms with Crippen molar-refractivity contribution in [3.05, 3.63) is 30.3 Å². The highest BCUT2D eigenvalue weighted by atomic mass is 28.3. The maximum atomic E-state index is 12.4. The molecule has 0 amide bonds. The van der Waals surface area contributed by atoms with Gasteiger partial charge >= 0.3 is 11.9 Å². The van der Waals surface area contributed by atoms with E-state index in [1.807, 2.05) is 18.9 Å². The Morgan fingerprint density at radius 3 is 2.27 bits per heavy atom. The molecular formula is C26H43NO5Si. The van der Waals surface area contributed by atoms with Crippen LogP contribution in [0, 0.1) is 5.92 Å². The largest absolute Gasteiger partial charge is 0.466 e. The normalized spacial score (nSPS) is 23.0. The summed E-state index contributed by atoms with van der Waals surface area (Å²) in [6.07, 6.45) is 5.04. The zero-order valence-electron chi connectivity index (χ0n) is 21.4. The third kappa shape index (κ3) is 6.46. The van der Waals surface area contributed by atoms with Gasteiger partial charge in [-0.25, -0.2) is 0 Å². The maximum absolute atomic E-state index is 12.4. The standard InChI is InChI=1S/C26H43NO5Si/c1-7-26(27(30-4)20-25(29)32-9-3)19-18-23(22(26)16-13-17-24(28)31-8-2)33(5,6)21-14-11-10-12-15-21/h10-12,14-15,22-23H,7-9,13,16-20H2,1-6H3/t22-,23+,26+/m1/s1. The SMILES string of the molecule is CCOC(=O)CCC[C@@H]1[C@@H]([Si](C)(C)c2ccccc2)CC[C@]1(CC)N(CC(=O)OCC)OC. The second kappa shape index (κ2) is 12.7. The van der Waals surface area contributed by atoms with Crippen LogP contribution in [0.25, 0.3) is 0 Å². The van der Waals surface area contributed by atoms with E-state index in [2.05, 4.69) is 50.3 Å². The molecule has 0 saturated heterocycles. The molecule has 0 N–H and O–H groups in total. The van der Waals surface area contributed by atoms with Crippen molar-refractivity contribution in [2.24, 2.45) is 5.92 Å². The molecule has 1 aliphatic carbocycles. The molecule has 3 atom stereocenters. The lowest BCUT2D eigenvalue weighted by Gasteiger charge is -2.46. The molecule has 2 rings (SSSR count). The highest BCUT2D eigenvalue weighted by Crippen LogP contribution is 2.55. The molecule has 1 saturated carbocycles. The average molecular weight is 478 g/mol. The Bertz CT molecular complexity index is 756. The molecule has 0 unspecified atom stereocenters. The van der Waals surface area contributed by atoms with E-state index in [0.29, 0.717) is 31.1 Å². The second-order valence-electron chi connectivity index (χ2n) is 9.52. The van der Waals surface area contributed by atoms with Gasteiger partial charge < -0.3 is 14.3 Å². The highest BCUT2D eigenvalue weighted by molar-refractivity contribution is 6.91. The van der Waals surface area contributed by atoms with Gasteiger partial charge in [0, 0.05) is 12.0 Å². The number of esters is 2. The summed E-state index contributed by atoms with van der Waals surface area (Å²) in [6, 6.07) is 10.9. The maximum Gasteiger partial charge on any atom is 0.322 e. The fourth-order valence-electron chi connectivity index (χ4n) is 5.93. The summed E-state index contributed by atoms with van der Waals surface area (Å²) in [6.45, 7) is 11.7. The number of hydrogen-bond donors (Lipinski definition) is 0. The molecule has 1 aliphatic rings. The van der Waals surface area contributed by atoms with Gasteiger partial charge in [0.25, 0.3) is 0 Å². The predicted octanol–water partition coefficient (Wildman–Crippen LogP) is 4.69. The number of nitrogens with zero attached hydrogens (tertiary/aromatic N) is 1. The minimum atomic E-state index is -1.84. The van der Waals surface area contributed by atoms with Gasteiger partial charge in [-0.15, -0.1) is 0 Å². The summed E-state index contributed by atoms with van der Waals surface area (Å²) in [7, 11) is -0.183. The lowest BCUT2D eigenvalue weighted by atomic mass is 9.80. The number of carbonyl (C=O) groups excluding carboxylic acids is 2. The number of carbonyl (C=O) groups is 2. The lowest BCUT2D eigenvalue weighted by molar-refractivity contribution is -0.221. The van der Waals surface area contributed by atoms with Crippen LogP contribution in [0.1, 0.15) is 59.3 Å². The molecule has 7 heteroatoms. The van der Waals surface area contributed by atoms with Gasteiger partial charge in [0.2, 0.25) is 0 Å². The third-order valence-corrected chi connectivity index (χ3v) is 12.0. The van der Waals surface area contributed by atoms with Crippen molar-refractivity contribution in [2.75, 3.05) is 26.9 Å². The molecule has 1 aromatic carbocycles. The minimum Gasteiger partial charge on any atom is -0.466 e. The predicted molar refractivity (Wildman–Crippen MR) is 134 cm³/mol. The Morgan fingerprint density at radius 2 is 1.70 bits per heavy atom. The molecule has 0 spiro atoms. The summed E-state index contributed by atoms with van der Waals surface area (Å²) in [5.41, 5.74) is 0.252. The van der Waals surface area contributed by atoms with Gasteiger partial charge in [0.1, 0.15) is 6.54 Å². The van der Waals surface area contributed by atoms with E-state index in [9.17, 15) is 9.59 Å². The van der Waals surface area contributed by atoms with Gasteiger partial charge in [-0.2, -0.15) is 5.06 Å². The molecule has 0 heterocycles. The molecular weight excluding hydrogens is 434 g/mol. The second-order valence-corrected chi connectivity index (χ2v) is 14.3. The molecule has 0 radical (unpaired) electrons. The monoisotopic (exact) mass is 477 g/mol. The van der Waals surface area contributed by atoms with Crippen molar-refractivity contribution in [3.63, 3.8) is 0 Å². The summed E-state index contributed by atoms with van der Waals surface area (Å²) in [4.78, 5) is 30.3. The number of rotatable bonds is 13. The van der Waals surface area contributed by atoms with Crippen LogP contribution in [-0.2, 0) is 23.9 Å². The first kappa shape index (κ1) is 27.5.